The van der Waals surface area contributed by atoms with Crippen molar-refractivity contribution in [3.63, 3.8) is 0 Å². The van der Waals surface area contributed by atoms with Gasteiger partial charge in [0.1, 0.15) is 11.6 Å². The Morgan fingerprint density at radius 3 is 2.57 bits per heavy atom. The minimum atomic E-state index is -1.19. The summed E-state index contributed by atoms with van der Waals surface area (Å²) >= 11 is 0. The van der Waals surface area contributed by atoms with Gasteiger partial charge in [0.2, 0.25) is 0 Å². The lowest BCUT2D eigenvalue weighted by atomic mass is 9.82. The van der Waals surface area contributed by atoms with E-state index in [2.05, 4.69) is 4.99 Å². The normalized spacial score (nSPS) is 21.7. The standard InChI is InChI=1S/C23H21N3O4/c24-22(25)16-4-2-15(3-5-16)21(29)23(8-1-9-26-23)18-7-6-17-10-14(11-20(27)28)13-30-19(17)12-18/h1-9,12,14H,10-11,13H2,(H3,24,25)(H,27,28). The molecule has 0 aliphatic carbocycles. The first-order valence-electron chi connectivity index (χ1n) is 9.59. The average Bonchev–Trinajstić information content (AvgIpc) is 3.23. The van der Waals surface area contributed by atoms with Gasteiger partial charge < -0.3 is 15.6 Å². The second kappa shape index (κ2) is 7.59. The van der Waals surface area contributed by atoms with Crippen LogP contribution in [0.25, 0.3) is 0 Å². The first kappa shape index (κ1) is 19.6. The molecule has 0 spiro atoms. The Bertz CT molecular complexity index is 1070. The second-order valence-electron chi connectivity index (χ2n) is 7.53. The van der Waals surface area contributed by atoms with E-state index in [1.807, 2.05) is 18.2 Å². The van der Waals surface area contributed by atoms with Gasteiger partial charge in [-0.25, -0.2) is 0 Å². The molecule has 0 amide bonds. The number of carbonyl (C=O) groups is 2. The van der Waals surface area contributed by atoms with Crippen LogP contribution in [0.2, 0.25) is 0 Å². The van der Waals surface area contributed by atoms with E-state index in [0.29, 0.717) is 35.5 Å². The molecule has 0 saturated carbocycles. The number of aliphatic imine (C=N–C) groups is 1. The number of hydrogen-bond donors (Lipinski definition) is 3. The summed E-state index contributed by atoms with van der Waals surface area (Å²) in [6, 6.07) is 12.1. The Morgan fingerprint density at radius 1 is 1.20 bits per heavy atom. The molecule has 4 rings (SSSR count). The molecule has 0 bridgehead atoms. The fourth-order valence-electron chi connectivity index (χ4n) is 3.89. The van der Waals surface area contributed by atoms with Crippen molar-refractivity contribution >= 4 is 23.8 Å². The molecule has 2 aliphatic rings. The van der Waals surface area contributed by atoms with Crippen LogP contribution in [0, 0.1) is 11.3 Å². The van der Waals surface area contributed by atoms with Crippen LogP contribution in [-0.2, 0) is 16.8 Å². The Hall–Kier alpha value is -3.74. The molecule has 0 radical (unpaired) electrons. The molecule has 2 unspecified atom stereocenters. The number of carboxylic acid groups (broad SMARTS) is 1. The zero-order valence-electron chi connectivity index (χ0n) is 16.2. The number of fused-ring (bicyclic) bond motifs is 1. The van der Waals surface area contributed by atoms with Crippen LogP contribution in [0.15, 0.2) is 59.6 Å². The van der Waals surface area contributed by atoms with Crippen LogP contribution >= 0.6 is 0 Å². The Balaban J connectivity index is 1.66. The lowest BCUT2D eigenvalue weighted by molar-refractivity contribution is -0.138. The Morgan fingerprint density at radius 2 is 1.93 bits per heavy atom. The van der Waals surface area contributed by atoms with Crippen molar-refractivity contribution in [3.8, 4) is 5.75 Å². The number of aliphatic carboxylic acids is 1. The lowest BCUT2D eigenvalue weighted by Gasteiger charge is -2.28. The largest absolute Gasteiger partial charge is 0.493 e. The van der Waals surface area contributed by atoms with E-state index >= 15 is 0 Å². The molecular formula is C23H21N3O4. The molecule has 2 aliphatic heterocycles. The summed E-state index contributed by atoms with van der Waals surface area (Å²) in [5.74, 6) is -0.503. The van der Waals surface area contributed by atoms with E-state index in [1.165, 1.54) is 0 Å². The fraction of sp³-hybridized carbons (Fsp3) is 0.217. The van der Waals surface area contributed by atoms with Gasteiger partial charge in [0.15, 0.2) is 11.3 Å². The molecule has 0 fully saturated rings. The van der Waals surface area contributed by atoms with Crippen molar-refractivity contribution in [3.05, 3.63) is 76.9 Å². The zero-order valence-corrected chi connectivity index (χ0v) is 16.2. The van der Waals surface area contributed by atoms with Crippen molar-refractivity contribution < 1.29 is 19.4 Å². The number of amidine groups is 1. The fourth-order valence-corrected chi connectivity index (χ4v) is 3.89. The third kappa shape index (κ3) is 3.50. The highest BCUT2D eigenvalue weighted by Gasteiger charge is 2.40. The Kier molecular flexibility index (Phi) is 4.95. The lowest BCUT2D eigenvalue weighted by Crippen LogP contribution is -2.31. The summed E-state index contributed by atoms with van der Waals surface area (Å²) in [5.41, 5.74) is 6.93. The predicted octanol–water partition coefficient (Wildman–Crippen LogP) is 2.72. The number of carbonyl (C=O) groups excluding carboxylic acids is 1. The van der Waals surface area contributed by atoms with Crippen molar-refractivity contribution in [2.75, 3.05) is 6.61 Å². The second-order valence-corrected chi connectivity index (χ2v) is 7.53. The number of nitrogens with zero attached hydrogens (tertiary/aromatic N) is 1. The number of Topliss-reactive ketones (excluding diaryl/α,β-unsaturated/α-hetero) is 1. The average molecular weight is 403 g/mol. The number of rotatable bonds is 6. The molecule has 4 N–H and O–H groups in total. The van der Waals surface area contributed by atoms with Crippen molar-refractivity contribution in [1.29, 1.82) is 5.41 Å². The molecule has 7 heteroatoms. The number of benzene rings is 2. The molecule has 0 aromatic heterocycles. The molecule has 2 aromatic rings. The quantitative estimate of drug-likeness (QED) is 0.388. The number of nitrogens with two attached hydrogens (primary N) is 1. The van der Waals surface area contributed by atoms with Gasteiger partial charge in [0.25, 0.3) is 0 Å². The summed E-state index contributed by atoms with van der Waals surface area (Å²) in [7, 11) is 0. The molecule has 30 heavy (non-hydrogen) atoms. The van der Waals surface area contributed by atoms with Crippen molar-refractivity contribution in [1.82, 2.24) is 0 Å². The SMILES string of the molecule is N=C(N)c1ccc(C(=O)C2(c3ccc4c(c3)OCC(CC(=O)O)C4)C=CC=N2)cc1. The van der Waals surface area contributed by atoms with E-state index < -0.39 is 11.5 Å². The summed E-state index contributed by atoms with van der Waals surface area (Å²) in [4.78, 5) is 28.9. The maximum atomic E-state index is 13.4. The van der Waals surface area contributed by atoms with Gasteiger partial charge in [0.05, 0.1) is 13.0 Å². The van der Waals surface area contributed by atoms with E-state index in [0.717, 1.165) is 5.56 Å². The Labute approximate surface area is 173 Å². The monoisotopic (exact) mass is 403 g/mol. The van der Waals surface area contributed by atoms with Gasteiger partial charge >= 0.3 is 5.97 Å². The van der Waals surface area contributed by atoms with Crippen molar-refractivity contribution in [2.24, 2.45) is 16.6 Å². The van der Waals surface area contributed by atoms with E-state index in [9.17, 15) is 9.59 Å². The van der Waals surface area contributed by atoms with Crippen LogP contribution in [0.1, 0.15) is 33.5 Å². The maximum absolute atomic E-state index is 13.4. The first-order chi connectivity index (χ1) is 14.4. The zero-order chi connectivity index (χ0) is 21.3. The van der Waals surface area contributed by atoms with E-state index in [-0.39, 0.29) is 24.0 Å². The van der Waals surface area contributed by atoms with E-state index in [1.54, 1.807) is 42.6 Å². The topological polar surface area (TPSA) is 126 Å². The van der Waals surface area contributed by atoms with Crippen molar-refractivity contribution in [2.45, 2.75) is 18.4 Å². The third-order valence-corrected chi connectivity index (χ3v) is 5.46. The minimum Gasteiger partial charge on any atom is -0.493 e. The molecule has 2 heterocycles. The summed E-state index contributed by atoms with van der Waals surface area (Å²) in [5, 5.41) is 16.5. The van der Waals surface area contributed by atoms with Gasteiger partial charge in [0, 0.05) is 23.3 Å². The van der Waals surface area contributed by atoms with Gasteiger partial charge in [-0.3, -0.25) is 20.0 Å². The van der Waals surface area contributed by atoms with Crippen LogP contribution in [-0.4, -0.2) is 35.5 Å². The first-order valence-corrected chi connectivity index (χ1v) is 9.59. The smallest absolute Gasteiger partial charge is 0.303 e. The van der Waals surface area contributed by atoms with Crippen LogP contribution in [0.5, 0.6) is 5.75 Å². The van der Waals surface area contributed by atoms with Gasteiger partial charge in [-0.05, 0) is 35.8 Å². The van der Waals surface area contributed by atoms with Crippen LogP contribution in [0.4, 0.5) is 0 Å². The number of nitrogens with one attached hydrogen (secondary N) is 1. The number of ether oxygens (including phenoxy) is 1. The summed E-state index contributed by atoms with van der Waals surface area (Å²) < 4.78 is 5.82. The highest BCUT2D eigenvalue weighted by Crippen LogP contribution is 2.38. The van der Waals surface area contributed by atoms with Gasteiger partial charge in [-0.1, -0.05) is 36.4 Å². The summed E-state index contributed by atoms with van der Waals surface area (Å²) in [6.07, 6.45) is 5.78. The van der Waals surface area contributed by atoms with Gasteiger partial charge in [-0.2, -0.15) is 0 Å². The minimum absolute atomic E-state index is 0.0597. The molecule has 7 nitrogen and oxygen atoms in total. The third-order valence-electron chi connectivity index (χ3n) is 5.46. The number of hydrogen-bond acceptors (Lipinski definition) is 5. The number of allylic oxidation sites excluding steroid dienone is 1. The predicted molar refractivity (Wildman–Crippen MR) is 112 cm³/mol. The van der Waals surface area contributed by atoms with Crippen LogP contribution in [0.3, 0.4) is 0 Å². The molecule has 2 aromatic carbocycles. The van der Waals surface area contributed by atoms with E-state index in [4.69, 9.17) is 21.0 Å². The molecule has 2 atom stereocenters. The number of nitrogen functional groups attached to an aromatic ring is 1. The number of carboxylic acids is 1. The number of ketones is 1. The highest BCUT2D eigenvalue weighted by molar-refractivity contribution is 6.08. The summed E-state index contributed by atoms with van der Waals surface area (Å²) in [6.45, 7) is 0.329. The maximum Gasteiger partial charge on any atom is 0.303 e. The van der Waals surface area contributed by atoms with Crippen LogP contribution < -0.4 is 10.5 Å². The van der Waals surface area contributed by atoms with Gasteiger partial charge in [-0.15, -0.1) is 0 Å². The molecule has 0 saturated heterocycles. The highest BCUT2D eigenvalue weighted by atomic mass is 16.5. The molecular weight excluding hydrogens is 382 g/mol. The molecule has 152 valence electrons.